The van der Waals surface area contributed by atoms with Gasteiger partial charge in [-0.2, -0.15) is 0 Å². The van der Waals surface area contributed by atoms with E-state index in [0.717, 1.165) is 28.4 Å². The van der Waals surface area contributed by atoms with Crippen molar-refractivity contribution in [2.24, 2.45) is 0 Å². The topological polar surface area (TPSA) is 50.4 Å². The van der Waals surface area contributed by atoms with Crippen molar-refractivity contribution in [3.63, 3.8) is 0 Å². The molecule has 0 saturated carbocycles. The molecule has 0 fully saturated rings. The monoisotopic (exact) mass is 300 g/mol. The Labute approximate surface area is 123 Å². The molecule has 0 saturated heterocycles. The summed E-state index contributed by atoms with van der Waals surface area (Å²) in [5, 5.41) is 7.45. The van der Waals surface area contributed by atoms with E-state index in [9.17, 15) is 4.79 Å². The number of hydrogen-bond acceptors (Lipinski definition) is 4. The van der Waals surface area contributed by atoms with Gasteiger partial charge in [-0.15, -0.1) is 11.3 Å². The Hall–Kier alpha value is -1.14. The van der Waals surface area contributed by atoms with E-state index >= 15 is 0 Å². The van der Waals surface area contributed by atoms with E-state index in [1.165, 1.54) is 11.3 Å². The third-order valence-corrected chi connectivity index (χ3v) is 4.00. The minimum Gasteiger partial charge on any atom is -0.462 e. The highest BCUT2D eigenvalue weighted by molar-refractivity contribution is 7.80. The summed E-state index contributed by atoms with van der Waals surface area (Å²) in [4.78, 5) is 13.1. The first-order chi connectivity index (χ1) is 9.01. The molecule has 0 aromatic carbocycles. The predicted octanol–water partition coefficient (Wildman–Crippen LogP) is 3.24. The van der Waals surface area contributed by atoms with E-state index in [1.54, 1.807) is 6.92 Å². The van der Waals surface area contributed by atoms with Gasteiger partial charge in [0.15, 0.2) is 5.11 Å². The standard InChI is InChI=1S/C13H20N2O2S2/c1-5-7-14-13(18)15-11-10(12(16)17-6-2)8(3)9(4)19-11/h5-7H2,1-4H3,(H2,14,15,18). The first-order valence-electron chi connectivity index (χ1n) is 6.33. The molecule has 0 spiro atoms. The highest BCUT2D eigenvalue weighted by Crippen LogP contribution is 2.32. The van der Waals surface area contributed by atoms with Gasteiger partial charge in [0.25, 0.3) is 0 Å². The number of thiocarbonyl (C=S) groups is 1. The lowest BCUT2D eigenvalue weighted by molar-refractivity contribution is 0.0527. The van der Waals surface area contributed by atoms with Crippen LogP contribution in [-0.2, 0) is 4.74 Å². The van der Waals surface area contributed by atoms with Crippen LogP contribution in [0.2, 0.25) is 0 Å². The highest BCUT2D eigenvalue weighted by atomic mass is 32.1. The molecule has 106 valence electrons. The maximum atomic E-state index is 12.0. The summed E-state index contributed by atoms with van der Waals surface area (Å²) in [7, 11) is 0. The lowest BCUT2D eigenvalue weighted by Crippen LogP contribution is -2.29. The van der Waals surface area contributed by atoms with Gasteiger partial charge in [0.05, 0.1) is 12.2 Å². The van der Waals surface area contributed by atoms with Crippen LogP contribution in [-0.4, -0.2) is 24.2 Å². The molecule has 4 nitrogen and oxygen atoms in total. The second kappa shape index (κ2) is 7.45. The summed E-state index contributed by atoms with van der Waals surface area (Å²) in [6.45, 7) is 8.95. The fourth-order valence-electron chi connectivity index (χ4n) is 1.55. The van der Waals surface area contributed by atoms with E-state index in [-0.39, 0.29) is 5.97 Å². The molecule has 1 heterocycles. The van der Waals surface area contributed by atoms with Crippen molar-refractivity contribution in [2.45, 2.75) is 34.1 Å². The molecule has 1 aromatic rings. The van der Waals surface area contributed by atoms with Gasteiger partial charge in [-0.25, -0.2) is 4.79 Å². The van der Waals surface area contributed by atoms with Crippen molar-refractivity contribution in [2.75, 3.05) is 18.5 Å². The number of rotatable bonds is 5. The Kier molecular flexibility index (Phi) is 6.24. The summed E-state index contributed by atoms with van der Waals surface area (Å²) < 4.78 is 5.09. The van der Waals surface area contributed by atoms with Crippen molar-refractivity contribution < 1.29 is 9.53 Å². The zero-order valence-electron chi connectivity index (χ0n) is 11.8. The van der Waals surface area contributed by atoms with Gasteiger partial charge >= 0.3 is 5.97 Å². The number of carbonyl (C=O) groups is 1. The number of nitrogens with one attached hydrogen (secondary N) is 2. The van der Waals surface area contributed by atoms with Crippen molar-refractivity contribution in [3.8, 4) is 0 Å². The van der Waals surface area contributed by atoms with Crippen LogP contribution in [0.1, 0.15) is 41.1 Å². The van der Waals surface area contributed by atoms with E-state index in [4.69, 9.17) is 17.0 Å². The quantitative estimate of drug-likeness (QED) is 0.646. The number of carbonyl (C=O) groups excluding carboxylic acids is 1. The van der Waals surface area contributed by atoms with Crippen LogP contribution in [0.15, 0.2) is 0 Å². The van der Waals surface area contributed by atoms with Gasteiger partial charge in [-0.05, 0) is 45.0 Å². The molecule has 0 atom stereocenters. The molecule has 1 aromatic heterocycles. The van der Waals surface area contributed by atoms with Crippen LogP contribution in [0, 0.1) is 13.8 Å². The number of aryl methyl sites for hydroxylation is 1. The average molecular weight is 300 g/mol. The summed E-state index contributed by atoms with van der Waals surface area (Å²) in [5.41, 5.74) is 1.54. The summed E-state index contributed by atoms with van der Waals surface area (Å²) >= 11 is 6.71. The fraction of sp³-hybridized carbons (Fsp3) is 0.538. The maximum absolute atomic E-state index is 12.0. The van der Waals surface area contributed by atoms with Crippen molar-refractivity contribution in [3.05, 3.63) is 16.0 Å². The molecular formula is C13H20N2O2S2. The van der Waals surface area contributed by atoms with Crippen LogP contribution in [0.5, 0.6) is 0 Å². The third-order valence-electron chi connectivity index (χ3n) is 2.63. The third kappa shape index (κ3) is 4.18. The van der Waals surface area contributed by atoms with Crippen LogP contribution >= 0.6 is 23.6 Å². The zero-order valence-corrected chi connectivity index (χ0v) is 13.4. The number of ether oxygens (including phenoxy) is 1. The van der Waals surface area contributed by atoms with Gasteiger partial charge < -0.3 is 15.4 Å². The van der Waals surface area contributed by atoms with Crippen LogP contribution < -0.4 is 10.6 Å². The summed E-state index contributed by atoms with van der Waals surface area (Å²) in [6, 6.07) is 0. The second-order valence-electron chi connectivity index (χ2n) is 4.09. The molecule has 2 N–H and O–H groups in total. The Balaban J connectivity index is 2.91. The normalized spacial score (nSPS) is 10.1. The minimum atomic E-state index is -0.301. The average Bonchev–Trinajstić information content (AvgIpc) is 2.62. The minimum absolute atomic E-state index is 0.301. The lowest BCUT2D eigenvalue weighted by Gasteiger charge is -2.10. The van der Waals surface area contributed by atoms with Crippen LogP contribution in [0.25, 0.3) is 0 Å². The fourth-order valence-corrected chi connectivity index (χ4v) is 2.87. The SMILES string of the molecule is CCCNC(=S)Nc1sc(C)c(C)c1C(=O)OCC. The molecule has 6 heteroatoms. The summed E-state index contributed by atoms with van der Waals surface area (Å²) in [5.74, 6) is -0.301. The Morgan fingerprint density at radius 2 is 2.05 bits per heavy atom. The largest absolute Gasteiger partial charge is 0.462 e. The predicted molar refractivity (Wildman–Crippen MR) is 84.3 cm³/mol. The Morgan fingerprint density at radius 3 is 2.63 bits per heavy atom. The van der Waals surface area contributed by atoms with Crippen molar-refractivity contribution >= 4 is 39.6 Å². The molecule has 0 aliphatic rings. The van der Waals surface area contributed by atoms with Gasteiger partial charge in [-0.3, -0.25) is 0 Å². The Morgan fingerprint density at radius 1 is 1.37 bits per heavy atom. The van der Waals surface area contributed by atoms with Crippen molar-refractivity contribution in [1.82, 2.24) is 5.32 Å². The number of anilines is 1. The zero-order chi connectivity index (χ0) is 14.4. The molecule has 0 amide bonds. The maximum Gasteiger partial charge on any atom is 0.341 e. The van der Waals surface area contributed by atoms with Gasteiger partial charge in [0.1, 0.15) is 5.00 Å². The van der Waals surface area contributed by atoms with Crippen LogP contribution in [0.4, 0.5) is 5.00 Å². The van der Waals surface area contributed by atoms with E-state index in [0.29, 0.717) is 17.3 Å². The smallest absolute Gasteiger partial charge is 0.341 e. The van der Waals surface area contributed by atoms with E-state index in [2.05, 4.69) is 17.6 Å². The molecule has 0 aliphatic carbocycles. The Bertz CT molecular complexity index is 469. The number of hydrogen-bond donors (Lipinski definition) is 2. The number of thiophene rings is 1. The molecule has 1 rings (SSSR count). The first-order valence-corrected chi connectivity index (χ1v) is 7.55. The van der Waals surface area contributed by atoms with E-state index in [1.807, 2.05) is 13.8 Å². The van der Waals surface area contributed by atoms with Gasteiger partial charge in [-0.1, -0.05) is 6.92 Å². The molecule has 19 heavy (non-hydrogen) atoms. The molecule has 0 aliphatic heterocycles. The van der Waals surface area contributed by atoms with E-state index < -0.39 is 0 Å². The molecule has 0 unspecified atom stereocenters. The summed E-state index contributed by atoms with van der Waals surface area (Å²) in [6.07, 6.45) is 0.995. The molecular weight excluding hydrogens is 280 g/mol. The van der Waals surface area contributed by atoms with Crippen LogP contribution in [0.3, 0.4) is 0 Å². The van der Waals surface area contributed by atoms with Gasteiger partial charge in [0.2, 0.25) is 0 Å². The second-order valence-corrected chi connectivity index (χ2v) is 5.72. The first kappa shape index (κ1) is 15.9. The lowest BCUT2D eigenvalue weighted by atomic mass is 10.1. The number of esters is 1. The van der Waals surface area contributed by atoms with Gasteiger partial charge in [0, 0.05) is 11.4 Å². The van der Waals surface area contributed by atoms with Crippen molar-refractivity contribution in [1.29, 1.82) is 0 Å². The molecule has 0 radical (unpaired) electrons. The highest BCUT2D eigenvalue weighted by Gasteiger charge is 2.21. The molecule has 0 bridgehead atoms.